The van der Waals surface area contributed by atoms with E-state index in [1.54, 1.807) is 6.07 Å². The Morgan fingerprint density at radius 1 is 1.30 bits per heavy atom. The molecule has 0 saturated carbocycles. The maximum atomic E-state index is 13.6. The van der Waals surface area contributed by atoms with Gasteiger partial charge in [-0.15, -0.1) is 0 Å². The summed E-state index contributed by atoms with van der Waals surface area (Å²) >= 11 is 0. The molecular weight excluding hydrogens is 253 g/mol. The first-order valence-corrected chi connectivity index (χ1v) is 7.08. The third kappa shape index (κ3) is 3.07. The van der Waals surface area contributed by atoms with E-state index in [1.807, 2.05) is 23.9 Å². The summed E-state index contributed by atoms with van der Waals surface area (Å²) in [6.07, 6.45) is 2.00. The minimum atomic E-state index is -0.211. The van der Waals surface area contributed by atoms with Crippen LogP contribution >= 0.6 is 0 Å². The van der Waals surface area contributed by atoms with Gasteiger partial charge in [0.25, 0.3) is 0 Å². The molecule has 1 heterocycles. The van der Waals surface area contributed by atoms with Crippen molar-refractivity contribution < 1.29 is 4.39 Å². The Morgan fingerprint density at radius 3 is 2.65 bits per heavy atom. The summed E-state index contributed by atoms with van der Waals surface area (Å²) in [7, 11) is 0. The molecule has 0 aliphatic rings. The third-order valence-electron chi connectivity index (χ3n) is 3.37. The minimum Gasteiger partial charge on any atom is -0.313 e. The number of nitrogens with zero attached hydrogens (tertiary/aromatic N) is 2. The number of hydrogen-bond acceptors (Lipinski definition) is 2. The summed E-state index contributed by atoms with van der Waals surface area (Å²) in [5.41, 5.74) is 3.96. The maximum Gasteiger partial charge on any atom is 0.123 e. The highest BCUT2D eigenvalue weighted by atomic mass is 19.1. The first-order chi connectivity index (χ1) is 9.52. The van der Waals surface area contributed by atoms with Gasteiger partial charge >= 0.3 is 0 Å². The topological polar surface area (TPSA) is 29.9 Å². The van der Waals surface area contributed by atoms with Gasteiger partial charge in [-0.25, -0.2) is 4.39 Å². The predicted octanol–water partition coefficient (Wildman–Crippen LogP) is 3.69. The van der Waals surface area contributed by atoms with Gasteiger partial charge in [0.2, 0.25) is 0 Å². The van der Waals surface area contributed by atoms with E-state index >= 15 is 0 Å². The number of hydrogen-bond donors (Lipinski definition) is 1. The average Bonchev–Trinajstić information content (AvgIpc) is 2.79. The van der Waals surface area contributed by atoms with Gasteiger partial charge in [-0.2, -0.15) is 5.10 Å². The highest BCUT2D eigenvalue weighted by molar-refractivity contribution is 5.69. The molecule has 0 saturated heterocycles. The second-order valence-corrected chi connectivity index (χ2v) is 5.28. The number of aromatic nitrogens is 2. The van der Waals surface area contributed by atoms with Gasteiger partial charge in [-0.1, -0.05) is 13.0 Å². The van der Waals surface area contributed by atoms with Gasteiger partial charge in [-0.05, 0) is 50.6 Å². The number of halogens is 1. The summed E-state index contributed by atoms with van der Waals surface area (Å²) in [4.78, 5) is 0. The fourth-order valence-corrected chi connectivity index (χ4v) is 2.22. The van der Waals surface area contributed by atoms with E-state index in [9.17, 15) is 4.39 Å². The lowest BCUT2D eigenvalue weighted by atomic mass is 10.00. The van der Waals surface area contributed by atoms with Crippen molar-refractivity contribution in [3.8, 4) is 11.1 Å². The zero-order valence-electron chi connectivity index (χ0n) is 12.6. The van der Waals surface area contributed by atoms with Crippen molar-refractivity contribution in [1.29, 1.82) is 0 Å². The lowest BCUT2D eigenvalue weighted by Gasteiger charge is -2.09. The molecule has 1 aromatic carbocycles. The Bertz CT molecular complexity index is 587. The molecule has 1 aromatic heterocycles. The molecule has 0 aliphatic carbocycles. The van der Waals surface area contributed by atoms with Crippen LogP contribution in [0.5, 0.6) is 0 Å². The van der Waals surface area contributed by atoms with E-state index in [1.165, 1.54) is 6.07 Å². The van der Waals surface area contributed by atoms with Crippen molar-refractivity contribution in [3.05, 3.63) is 41.5 Å². The second kappa shape index (κ2) is 6.18. The van der Waals surface area contributed by atoms with Crippen molar-refractivity contribution in [2.24, 2.45) is 0 Å². The molecule has 0 atom stereocenters. The van der Waals surface area contributed by atoms with E-state index in [2.05, 4.69) is 31.2 Å². The van der Waals surface area contributed by atoms with Crippen LogP contribution in [0.4, 0.5) is 4.39 Å². The Kier molecular flexibility index (Phi) is 4.55. The van der Waals surface area contributed by atoms with Gasteiger partial charge < -0.3 is 5.32 Å². The van der Waals surface area contributed by atoms with Crippen molar-refractivity contribution in [2.45, 2.75) is 40.3 Å². The summed E-state index contributed by atoms with van der Waals surface area (Å²) in [5, 5.41) is 7.80. The molecule has 2 aromatic rings. The van der Waals surface area contributed by atoms with Gasteiger partial charge in [-0.3, -0.25) is 4.68 Å². The zero-order chi connectivity index (χ0) is 14.7. The second-order valence-electron chi connectivity index (χ2n) is 5.28. The number of benzene rings is 1. The molecule has 0 unspecified atom stereocenters. The third-order valence-corrected chi connectivity index (χ3v) is 3.37. The number of nitrogens with one attached hydrogen (secondary N) is 1. The molecule has 0 radical (unpaired) electrons. The van der Waals surface area contributed by atoms with Crippen molar-refractivity contribution in [1.82, 2.24) is 15.1 Å². The fourth-order valence-electron chi connectivity index (χ4n) is 2.22. The normalized spacial score (nSPS) is 11.3. The molecule has 1 N–H and O–H groups in total. The molecule has 0 spiro atoms. The van der Waals surface area contributed by atoms with Crippen LogP contribution in [0.15, 0.2) is 24.4 Å². The van der Waals surface area contributed by atoms with E-state index in [4.69, 9.17) is 0 Å². The van der Waals surface area contributed by atoms with Crippen molar-refractivity contribution >= 4 is 0 Å². The van der Waals surface area contributed by atoms with Crippen molar-refractivity contribution in [3.63, 3.8) is 0 Å². The lowest BCUT2D eigenvalue weighted by molar-refractivity contribution is 0.529. The van der Waals surface area contributed by atoms with Crippen LogP contribution in [0.1, 0.15) is 38.1 Å². The maximum absolute atomic E-state index is 13.6. The van der Waals surface area contributed by atoms with Crippen LogP contribution in [0.3, 0.4) is 0 Å². The molecule has 0 aliphatic heterocycles. The fraction of sp³-hybridized carbons (Fsp3) is 0.438. The van der Waals surface area contributed by atoms with Crippen LogP contribution in [0, 0.1) is 12.7 Å². The Labute approximate surface area is 119 Å². The lowest BCUT2D eigenvalue weighted by Crippen LogP contribution is -2.12. The molecular formula is C16H22FN3. The Hall–Kier alpha value is -1.68. The number of rotatable bonds is 5. The van der Waals surface area contributed by atoms with Gasteiger partial charge in [0.05, 0.1) is 5.69 Å². The zero-order valence-corrected chi connectivity index (χ0v) is 12.6. The smallest absolute Gasteiger partial charge is 0.123 e. The standard InChI is InChI=1S/C16H22FN3/c1-5-18-9-13-6-7-14(17)8-15(13)16-10-20(11(2)3)19-12(16)4/h6-8,10-11,18H,5,9H2,1-4H3. The van der Waals surface area contributed by atoms with Crippen LogP contribution in [0.25, 0.3) is 11.1 Å². The largest absolute Gasteiger partial charge is 0.313 e. The van der Waals surface area contributed by atoms with Crippen molar-refractivity contribution in [2.75, 3.05) is 6.54 Å². The van der Waals surface area contributed by atoms with Crippen LogP contribution in [-0.2, 0) is 6.54 Å². The molecule has 0 bridgehead atoms. The quantitative estimate of drug-likeness (QED) is 0.902. The van der Waals surface area contributed by atoms with E-state index in [0.29, 0.717) is 6.04 Å². The predicted molar refractivity (Wildman–Crippen MR) is 80.1 cm³/mol. The molecule has 0 amide bonds. The van der Waals surface area contributed by atoms with Crippen LogP contribution < -0.4 is 5.32 Å². The summed E-state index contributed by atoms with van der Waals surface area (Å²) in [6, 6.07) is 5.26. The first-order valence-electron chi connectivity index (χ1n) is 7.08. The SMILES string of the molecule is CCNCc1ccc(F)cc1-c1cn(C(C)C)nc1C. The molecule has 108 valence electrons. The molecule has 0 fully saturated rings. The van der Waals surface area contributed by atoms with Crippen LogP contribution in [-0.4, -0.2) is 16.3 Å². The summed E-state index contributed by atoms with van der Waals surface area (Å²) < 4.78 is 15.5. The molecule has 20 heavy (non-hydrogen) atoms. The van der Waals surface area contributed by atoms with E-state index < -0.39 is 0 Å². The van der Waals surface area contributed by atoms with E-state index in [-0.39, 0.29) is 5.82 Å². The number of aryl methyl sites for hydroxylation is 1. The monoisotopic (exact) mass is 275 g/mol. The van der Waals surface area contributed by atoms with Gasteiger partial charge in [0.1, 0.15) is 5.82 Å². The van der Waals surface area contributed by atoms with E-state index in [0.717, 1.165) is 35.5 Å². The highest BCUT2D eigenvalue weighted by Gasteiger charge is 2.13. The minimum absolute atomic E-state index is 0.211. The van der Waals surface area contributed by atoms with Crippen LogP contribution in [0.2, 0.25) is 0 Å². The molecule has 2 rings (SSSR count). The first kappa shape index (κ1) is 14.7. The van der Waals surface area contributed by atoms with Gasteiger partial charge in [0, 0.05) is 24.3 Å². The molecule has 3 nitrogen and oxygen atoms in total. The Morgan fingerprint density at radius 2 is 2.05 bits per heavy atom. The average molecular weight is 275 g/mol. The molecule has 4 heteroatoms. The summed E-state index contributed by atoms with van der Waals surface area (Å²) in [6.45, 7) is 9.82. The highest BCUT2D eigenvalue weighted by Crippen LogP contribution is 2.28. The Balaban J connectivity index is 2.47. The summed E-state index contributed by atoms with van der Waals surface area (Å²) in [5.74, 6) is -0.211. The van der Waals surface area contributed by atoms with Gasteiger partial charge in [0.15, 0.2) is 0 Å².